The van der Waals surface area contributed by atoms with Crippen LogP contribution < -0.4 is 5.73 Å². The predicted molar refractivity (Wildman–Crippen MR) is 59.5 cm³/mol. The molecule has 15 heavy (non-hydrogen) atoms. The molecule has 1 aliphatic rings. The lowest BCUT2D eigenvalue weighted by Crippen LogP contribution is -2.59. The summed E-state index contributed by atoms with van der Waals surface area (Å²) in [7, 11) is 0. The van der Waals surface area contributed by atoms with Gasteiger partial charge in [-0.05, 0) is 19.8 Å². The zero-order chi connectivity index (χ0) is 11.5. The summed E-state index contributed by atoms with van der Waals surface area (Å²) in [4.78, 5) is 14.1. The van der Waals surface area contributed by atoms with Gasteiger partial charge in [-0.2, -0.15) is 0 Å². The van der Waals surface area contributed by atoms with Crippen molar-refractivity contribution >= 4 is 5.91 Å². The SMILES string of the molecule is CCC(N)(CC)C(=O)N1CCOC[C@H]1C. The molecule has 0 radical (unpaired) electrons. The van der Waals surface area contributed by atoms with Crippen molar-refractivity contribution in [1.29, 1.82) is 0 Å². The van der Waals surface area contributed by atoms with Gasteiger partial charge in [-0.3, -0.25) is 4.79 Å². The van der Waals surface area contributed by atoms with Gasteiger partial charge in [0.05, 0.1) is 24.8 Å². The normalized spacial score (nSPS) is 22.9. The van der Waals surface area contributed by atoms with Gasteiger partial charge < -0.3 is 15.4 Å². The quantitative estimate of drug-likeness (QED) is 0.754. The molecule has 0 aromatic heterocycles. The fourth-order valence-electron chi connectivity index (χ4n) is 1.87. The average molecular weight is 214 g/mol. The molecule has 1 amide bonds. The Bertz CT molecular complexity index is 227. The van der Waals surface area contributed by atoms with Crippen LogP contribution in [0, 0.1) is 0 Å². The fraction of sp³-hybridized carbons (Fsp3) is 0.909. The summed E-state index contributed by atoms with van der Waals surface area (Å²) >= 11 is 0. The van der Waals surface area contributed by atoms with Crippen LogP contribution in [0.2, 0.25) is 0 Å². The van der Waals surface area contributed by atoms with Gasteiger partial charge in [-0.1, -0.05) is 13.8 Å². The van der Waals surface area contributed by atoms with Crippen molar-refractivity contribution in [2.75, 3.05) is 19.8 Å². The van der Waals surface area contributed by atoms with Crippen LogP contribution in [0.5, 0.6) is 0 Å². The highest BCUT2D eigenvalue weighted by Crippen LogP contribution is 2.18. The van der Waals surface area contributed by atoms with E-state index in [9.17, 15) is 4.79 Å². The van der Waals surface area contributed by atoms with Gasteiger partial charge in [-0.25, -0.2) is 0 Å². The van der Waals surface area contributed by atoms with E-state index in [4.69, 9.17) is 10.5 Å². The molecule has 0 bridgehead atoms. The number of rotatable bonds is 3. The van der Waals surface area contributed by atoms with Crippen LogP contribution in [0.1, 0.15) is 33.6 Å². The Labute approximate surface area is 91.8 Å². The average Bonchev–Trinajstić information content (AvgIpc) is 2.28. The number of morpholine rings is 1. The van der Waals surface area contributed by atoms with Crippen LogP contribution in [0.15, 0.2) is 0 Å². The molecule has 1 heterocycles. The van der Waals surface area contributed by atoms with Crippen molar-refractivity contribution in [1.82, 2.24) is 4.90 Å². The van der Waals surface area contributed by atoms with E-state index in [0.717, 1.165) is 0 Å². The summed E-state index contributed by atoms with van der Waals surface area (Å²) in [6.45, 7) is 7.84. The molecule has 1 rings (SSSR count). The maximum atomic E-state index is 12.2. The summed E-state index contributed by atoms with van der Waals surface area (Å²) in [5.41, 5.74) is 5.41. The van der Waals surface area contributed by atoms with Crippen molar-refractivity contribution in [2.24, 2.45) is 5.73 Å². The standard InChI is InChI=1S/C11H22N2O2/c1-4-11(12,5-2)10(14)13-6-7-15-8-9(13)3/h9H,4-8,12H2,1-3H3/t9-/m1/s1. The van der Waals surface area contributed by atoms with Crippen molar-refractivity contribution in [3.8, 4) is 0 Å². The summed E-state index contributed by atoms with van der Waals surface area (Å²) < 4.78 is 5.31. The molecular weight excluding hydrogens is 192 g/mol. The van der Waals surface area contributed by atoms with Crippen LogP contribution in [-0.4, -0.2) is 42.1 Å². The highest BCUT2D eigenvalue weighted by molar-refractivity contribution is 5.86. The molecule has 88 valence electrons. The molecule has 2 N–H and O–H groups in total. The zero-order valence-electron chi connectivity index (χ0n) is 9.95. The van der Waals surface area contributed by atoms with Crippen LogP contribution >= 0.6 is 0 Å². The monoisotopic (exact) mass is 214 g/mol. The topological polar surface area (TPSA) is 55.6 Å². The molecule has 0 unspecified atom stereocenters. The van der Waals surface area contributed by atoms with E-state index in [0.29, 0.717) is 32.6 Å². The van der Waals surface area contributed by atoms with Gasteiger partial charge in [0.25, 0.3) is 0 Å². The Hall–Kier alpha value is -0.610. The molecule has 0 aliphatic carbocycles. The summed E-state index contributed by atoms with van der Waals surface area (Å²) in [5, 5.41) is 0. The first kappa shape index (κ1) is 12.5. The molecule has 1 aliphatic heterocycles. The molecule has 1 saturated heterocycles. The number of hydrogen-bond donors (Lipinski definition) is 1. The molecule has 1 atom stereocenters. The Morgan fingerprint density at radius 1 is 1.53 bits per heavy atom. The van der Waals surface area contributed by atoms with Crippen LogP contribution in [0.4, 0.5) is 0 Å². The molecular formula is C11H22N2O2. The number of carbonyl (C=O) groups is 1. The Morgan fingerprint density at radius 2 is 2.13 bits per heavy atom. The van der Waals surface area contributed by atoms with E-state index in [1.807, 2.05) is 25.7 Å². The van der Waals surface area contributed by atoms with Gasteiger partial charge in [0.15, 0.2) is 0 Å². The lowest BCUT2D eigenvalue weighted by Gasteiger charge is -2.39. The lowest BCUT2D eigenvalue weighted by atomic mass is 9.91. The van der Waals surface area contributed by atoms with Gasteiger partial charge in [-0.15, -0.1) is 0 Å². The van der Waals surface area contributed by atoms with E-state index < -0.39 is 5.54 Å². The highest BCUT2D eigenvalue weighted by Gasteiger charge is 2.36. The first-order chi connectivity index (χ1) is 7.05. The zero-order valence-corrected chi connectivity index (χ0v) is 9.95. The summed E-state index contributed by atoms with van der Waals surface area (Å²) in [5.74, 6) is 0.0725. The maximum Gasteiger partial charge on any atom is 0.243 e. The van der Waals surface area contributed by atoms with E-state index in [1.54, 1.807) is 0 Å². The molecule has 0 spiro atoms. The Kier molecular flexibility index (Phi) is 4.11. The minimum Gasteiger partial charge on any atom is -0.377 e. The lowest BCUT2D eigenvalue weighted by molar-refractivity contribution is -0.145. The minimum atomic E-state index is -0.689. The largest absolute Gasteiger partial charge is 0.377 e. The number of carbonyl (C=O) groups excluding carboxylic acids is 1. The molecule has 1 fully saturated rings. The second kappa shape index (κ2) is 4.94. The summed E-state index contributed by atoms with van der Waals surface area (Å²) in [6, 6.07) is 0.146. The van der Waals surface area contributed by atoms with E-state index in [1.165, 1.54) is 0 Å². The number of hydrogen-bond acceptors (Lipinski definition) is 3. The second-order valence-electron chi connectivity index (χ2n) is 4.29. The van der Waals surface area contributed by atoms with Gasteiger partial charge in [0.2, 0.25) is 5.91 Å². The van der Waals surface area contributed by atoms with Crippen LogP contribution in [-0.2, 0) is 9.53 Å². The second-order valence-corrected chi connectivity index (χ2v) is 4.29. The molecule has 0 saturated carbocycles. The van der Waals surface area contributed by atoms with E-state index in [2.05, 4.69) is 0 Å². The van der Waals surface area contributed by atoms with Gasteiger partial charge in [0.1, 0.15) is 0 Å². The van der Waals surface area contributed by atoms with Crippen molar-refractivity contribution in [2.45, 2.75) is 45.2 Å². The van der Waals surface area contributed by atoms with Gasteiger partial charge >= 0.3 is 0 Å². The van der Waals surface area contributed by atoms with Crippen molar-refractivity contribution in [3.05, 3.63) is 0 Å². The first-order valence-corrected chi connectivity index (χ1v) is 5.73. The third-order valence-electron chi connectivity index (χ3n) is 3.32. The smallest absolute Gasteiger partial charge is 0.243 e. The number of amides is 1. The maximum absolute atomic E-state index is 12.2. The van der Waals surface area contributed by atoms with Crippen molar-refractivity contribution in [3.63, 3.8) is 0 Å². The van der Waals surface area contributed by atoms with E-state index in [-0.39, 0.29) is 11.9 Å². The number of nitrogens with two attached hydrogens (primary N) is 1. The third-order valence-corrected chi connectivity index (χ3v) is 3.32. The predicted octanol–water partition coefficient (Wildman–Crippen LogP) is 0.751. The number of ether oxygens (including phenoxy) is 1. The minimum absolute atomic E-state index is 0.0725. The van der Waals surface area contributed by atoms with Crippen LogP contribution in [0.25, 0.3) is 0 Å². The van der Waals surface area contributed by atoms with Crippen LogP contribution in [0.3, 0.4) is 0 Å². The first-order valence-electron chi connectivity index (χ1n) is 5.73. The Morgan fingerprint density at radius 3 is 2.60 bits per heavy atom. The Balaban J connectivity index is 2.73. The molecule has 0 aromatic rings. The summed E-state index contributed by atoms with van der Waals surface area (Å²) in [6.07, 6.45) is 1.37. The van der Waals surface area contributed by atoms with Gasteiger partial charge in [0, 0.05) is 6.54 Å². The third kappa shape index (κ3) is 2.49. The molecule has 4 heteroatoms. The molecule has 4 nitrogen and oxygen atoms in total. The van der Waals surface area contributed by atoms with Crippen molar-refractivity contribution < 1.29 is 9.53 Å². The fourth-order valence-corrected chi connectivity index (χ4v) is 1.87. The van der Waals surface area contributed by atoms with E-state index >= 15 is 0 Å². The number of nitrogens with zero attached hydrogens (tertiary/aromatic N) is 1. The highest BCUT2D eigenvalue weighted by atomic mass is 16.5. The molecule has 0 aromatic carbocycles.